The van der Waals surface area contributed by atoms with Crippen LogP contribution in [0.1, 0.15) is 10.4 Å². The summed E-state index contributed by atoms with van der Waals surface area (Å²) in [5, 5.41) is 10.1. The molecule has 1 heterocycles. The summed E-state index contributed by atoms with van der Waals surface area (Å²) in [4.78, 5) is 10.1. The molecule has 0 radical (unpaired) electrons. The van der Waals surface area contributed by atoms with Gasteiger partial charge in [-0.1, -0.05) is 23.5 Å². The number of hydrogen-bond acceptors (Lipinski definition) is 2. The maximum atomic E-state index is 10.1. The summed E-state index contributed by atoms with van der Waals surface area (Å²) >= 11 is 0. The van der Waals surface area contributed by atoms with E-state index in [1.807, 2.05) is 5.68 Å². The van der Waals surface area contributed by atoms with Crippen molar-refractivity contribution in [3.63, 3.8) is 0 Å². The van der Waals surface area contributed by atoms with Gasteiger partial charge in [-0.05, 0) is 5.56 Å². The molecular formula is C6H5LiO2Si. The largest absolute Gasteiger partial charge is 1.00 e. The molecule has 0 aliphatic rings. The number of carboxylic acids is 1. The van der Waals surface area contributed by atoms with Gasteiger partial charge in [0.1, 0.15) is 0 Å². The molecule has 0 fully saturated rings. The van der Waals surface area contributed by atoms with Crippen LogP contribution in [-0.4, -0.2) is 15.1 Å². The molecule has 0 aromatic carbocycles. The van der Waals surface area contributed by atoms with Gasteiger partial charge in [0, 0.05) is 9.12 Å². The third kappa shape index (κ3) is 2.48. The van der Waals surface area contributed by atoms with Crippen LogP contribution in [-0.2, 0) is 0 Å². The molecule has 0 spiro atoms. The Balaban J connectivity index is 0.000000810. The first kappa shape index (κ1) is 9.63. The van der Waals surface area contributed by atoms with E-state index < -0.39 is 5.97 Å². The van der Waals surface area contributed by atoms with E-state index in [1.54, 1.807) is 17.8 Å². The number of rotatable bonds is 1. The van der Waals surface area contributed by atoms with Crippen LogP contribution in [0.2, 0.25) is 0 Å². The predicted molar refractivity (Wildman–Crippen MR) is 33.5 cm³/mol. The fourth-order valence-electron chi connectivity index (χ4n) is 0.574. The standard InChI is InChI=1S/C6H6O2Si.Li/c7-6(8)5-2-1-3-9-4-5;/h1-4,9H,(H,7,8);/q;+1/p-1. The maximum absolute atomic E-state index is 10.1. The van der Waals surface area contributed by atoms with Gasteiger partial charge >= 0.3 is 18.9 Å². The molecule has 1 aromatic heterocycles. The molecule has 0 amide bonds. The molecular weight excluding hydrogens is 139 g/mol. The van der Waals surface area contributed by atoms with Crippen molar-refractivity contribution < 1.29 is 28.8 Å². The van der Waals surface area contributed by atoms with Crippen LogP contribution >= 0.6 is 0 Å². The zero-order chi connectivity index (χ0) is 6.69. The van der Waals surface area contributed by atoms with E-state index in [9.17, 15) is 9.90 Å². The third-order valence-corrected chi connectivity index (χ3v) is 2.01. The monoisotopic (exact) mass is 144 g/mol. The molecule has 0 saturated carbocycles. The summed E-state index contributed by atoms with van der Waals surface area (Å²) in [6.45, 7) is 0. The SMILES string of the molecule is O=C([O-])c1ccc[siH]c1.[Li+]. The Bertz CT molecular complexity index is 212. The number of carbonyl (C=O) groups excluding carboxylic acids is 1. The summed E-state index contributed by atoms with van der Waals surface area (Å²) < 4.78 is 0. The molecule has 0 N–H and O–H groups in total. The van der Waals surface area contributed by atoms with E-state index in [-0.39, 0.29) is 28.0 Å². The summed E-state index contributed by atoms with van der Waals surface area (Å²) in [6.07, 6.45) is 0. The van der Waals surface area contributed by atoms with Gasteiger partial charge in [-0.15, -0.1) is 0 Å². The quantitative estimate of drug-likeness (QED) is 0.378. The van der Waals surface area contributed by atoms with Crippen molar-refractivity contribution in [2.75, 3.05) is 0 Å². The van der Waals surface area contributed by atoms with Crippen molar-refractivity contribution in [2.24, 2.45) is 0 Å². The van der Waals surface area contributed by atoms with E-state index in [0.717, 1.165) is 0 Å². The molecule has 1 rings (SSSR count). The summed E-state index contributed by atoms with van der Waals surface area (Å²) in [6, 6.07) is 3.30. The van der Waals surface area contributed by atoms with Crippen molar-refractivity contribution in [3.05, 3.63) is 29.1 Å². The van der Waals surface area contributed by atoms with Gasteiger partial charge < -0.3 is 9.90 Å². The van der Waals surface area contributed by atoms with E-state index in [1.165, 1.54) is 0 Å². The van der Waals surface area contributed by atoms with Crippen LogP contribution < -0.4 is 24.0 Å². The van der Waals surface area contributed by atoms with Crippen LogP contribution in [0, 0.1) is 0 Å². The Hall–Kier alpha value is -0.366. The molecule has 0 saturated heterocycles. The second-order valence-electron chi connectivity index (χ2n) is 1.65. The maximum Gasteiger partial charge on any atom is 1.00 e. The van der Waals surface area contributed by atoms with Crippen LogP contribution in [0.4, 0.5) is 0 Å². The average Bonchev–Trinajstić information content (AvgIpc) is 1.90. The van der Waals surface area contributed by atoms with Crippen LogP contribution in [0.5, 0.6) is 0 Å². The first-order chi connectivity index (χ1) is 4.30. The van der Waals surface area contributed by atoms with Gasteiger partial charge in [-0.25, -0.2) is 0 Å². The van der Waals surface area contributed by atoms with E-state index in [0.29, 0.717) is 5.56 Å². The second-order valence-corrected chi connectivity index (χ2v) is 2.76. The normalized spacial score (nSPS) is 8.00. The molecule has 0 aliphatic heterocycles. The number of carbonyl (C=O) groups is 1. The van der Waals surface area contributed by atoms with E-state index in [4.69, 9.17) is 0 Å². The molecule has 1 aromatic rings. The minimum absolute atomic E-state index is 0. The summed E-state index contributed by atoms with van der Waals surface area (Å²) in [5.41, 5.74) is 3.98. The second kappa shape index (κ2) is 4.45. The summed E-state index contributed by atoms with van der Waals surface area (Å²) in [5.74, 6) is -1.08. The molecule has 4 heteroatoms. The van der Waals surface area contributed by atoms with Crippen molar-refractivity contribution in [1.29, 1.82) is 0 Å². The number of aromatic carboxylic acids is 1. The van der Waals surface area contributed by atoms with Gasteiger partial charge in [0.2, 0.25) is 0 Å². The van der Waals surface area contributed by atoms with Crippen molar-refractivity contribution in [2.45, 2.75) is 0 Å². The first-order valence-corrected chi connectivity index (χ1v) is 3.90. The molecule has 0 atom stereocenters. The summed E-state index contributed by atoms with van der Waals surface area (Å²) in [7, 11) is 0.0519. The Kier molecular flexibility index (Phi) is 4.29. The number of hydrogen-bond donors (Lipinski definition) is 0. The molecule has 10 heavy (non-hydrogen) atoms. The average molecular weight is 144 g/mol. The van der Waals surface area contributed by atoms with Gasteiger partial charge in [0.15, 0.2) is 0 Å². The zero-order valence-corrected chi connectivity index (χ0v) is 6.86. The Morgan fingerprint density at radius 2 is 2.30 bits per heavy atom. The minimum Gasteiger partial charge on any atom is -0.545 e. The fourth-order valence-corrected chi connectivity index (χ4v) is 1.38. The molecule has 46 valence electrons. The smallest absolute Gasteiger partial charge is 0.545 e. The third-order valence-electron chi connectivity index (χ3n) is 1.01. The first-order valence-electron chi connectivity index (χ1n) is 2.57. The predicted octanol–water partition coefficient (Wildman–Crippen LogP) is -3.88. The van der Waals surface area contributed by atoms with Crippen molar-refractivity contribution in [1.82, 2.24) is 0 Å². The van der Waals surface area contributed by atoms with Crippen molar-refractivity contribution in [3.8, 4) is 0 Å². The molecule has 0 unspecified atom stereocenters. The molecule has 0 aliphatic carbocycles. The number of carboxylic acid groups (broad SMARTS) is 1. The fraction of sp³-hybridized carbons (Fsp3) is 0. The van der Waals surface area contributed by atoms with Gasteiger partial charge in [-0.3, -0.25) is 0 Å². The Labute approximate surface area is 73.2 Å². The van der Waals surface area contributed by atoms with E-state index >= 15 is 0 Å². The zero-order valence-electron chi connectivity index (χ0n) is 5.70. The topological polar surface area (TPSA) is 40.1 Å². The van der Waals surface area contributed by atoms with Gasteiger partial charge in [0.05, 0.1) is 5.97 Å². The Morgan fingerprint density at radius 3 is 2.60 bits per heavy atom. The van der Waals surface area contributed by atoms with Crippen LogP contribution in [0.25, 0.3) is 0 Å². The van der Waals surface area contributed by atoms with Crippen molar-refractivity contribution >= 4 is 15.1 Å². The molecule has 0 bridgehead atoms. The molecule has 2 nitrogen and oxygen atoms in total. The van der Waals surface area contributed by atoms with Crippen LogP contribution in [0.15, 0.2) is 23.5 Å². The van der Waals surface area contributed by atoms with Gasteiger partial charge in [-0.2, -0.15) is 0 Å². The minimum atomic E-state index is -1.08. The van der Waals surface area contributed by atoms with E-state index in [2.05, 4.69) is 0 Å². The van der Waals surface area contributed by atoms with Crippen LogP contribution in [0.3, 0.4) is 0 Å². The van der Waals surface area contributed by atoms with Gasteiger partial charge in [0.25, 0.3) is 0 Å². The Morgan fingerprint density at radius 1 is 1.60 bits per heavy atom.